The Morgan fingerprint density at radius 3 is 2.43 bits per heavy atom. The second-order valence-corrected chi connectivity index (χ2v) is 5.46. The molecule has 0 spiro atoms. The van der Waals surface area contributed by atoms with E-state index in [9.17, 15) is 9.59 Å². The Morgan fingerprint density at radius 2 is 1.86 bits per heavy atom. The minimum absolute atomic E-state index is 0.0431. The lowest BCUT2D eigenvalue weighted by molar-refractivity contribution is -0.122. The summed E-state index contributed by atoms with van der Waals surface area (Å²) >= 11 is 5.96. The molecule has 0 saturated carbocycles. The van der Waals surface area contributed by atoms with E-state index in [4.69, 9.17) is 16.7 Å². The first-order valence-corrected chi connectivity index (χ1v) is 7.12. The van der Waals surface area contributed by atoms with Gasteiger partial charge in [-0.2, -0.15) is 0 Å². The van der Waals surface area contributed by atoms with Crippen molar-refractivity contribution in [3.8, 4) is 11.8 Å². The minimum atomic E-state index is -0.341. The van der Waals surface area contributed by atoms with Crippen LogP contribution < -0.4 is 4.90 Å². The predicted molar refractivity (Wildman–Crippen MR) is 80.9 cm³/mol. The molecular formula is C16H16ClNO3. The van der Waals surface area contributed by atoms with Crippen LogP contribution in [0.2, 0.25) is 5.02 Å². The number of nitrogens with zero attached hydrogens (tertiary/aromatic N) is 1. The lowest BCUT2D eigenvalue weighted by Gasteiger charge is -2.16. The number of rotatable bonds is 2. The molecule has 2 atom stereocenters. The van der Waals surface area contributed by atoms with E-state index in [1.807, 2.05) is 0 Å². The van der Waals surface area contributed by atoms with Crippen molar-refractivity contribution in [1.82, 2.24) is 0 Å². The normalized spacial score (nSPS) is 21.4. The van der Waals surface area contributed by atoms with Gasteiger partial charge in [0.25, 0.3) is 0 Å². The van der Waals surface area contributed by atoms with Gasteiger partial charge in [-0.25, -0.2) is 4.90 Å². The van der Waals surface area contributed by atoms with Crippen molar-refractivity contribution in [2.24, 2.45) is 11.8 Å². The van der Waals surface area contributed by atoms with Crippen LogP contribution >= 0.6 is 11.6 Å². The zero-order valence-electron chi connectivity index (χ0n) is 11.9. The third kappa shape index (κ3) is 2.94. The van der Waals surface area contributed by atoms with Crippen molar-refractivity contribution in [2.75, 3.05) is 11.5 Å². The summed E-state index contributed by atoms with van der Waals surface area (Å²) < 4.78 is 0. The van der Waals surface area contributed by atoms with Gasteiger partial charge in [-0.15, -0.1) is 0 Å². The largest absolute Gasteiger partial charge is 0.395 e. The van der Waals surface area contributed by atoms with E-state index >= 15 is 0 Å². The number of benzene rings is 1. The first-order valence-electron chi connectivity index (χ1n) is 6.74. The maximum absolute atomic E-state index is 12.3. The molecule has 0 aliphatic carbocycles. The van der Waals surface area contributed by atoms with Gasteiger partial charge >= 0.3 is 0 Å². The maximum atomic E-state index is 12.3. The van der Waals surface area contributed by atoms with E-state index in [-0.39, 0.29) is 30.3 Å². The van der Waals surface area contributed by atoms with E-state index in [0.717, 1.165) is 0 Å². The van der Waals surface area contributed by atoms with Gasteiger partial charge in [0.05, 0.1) is 17.9 Å². The van der Waals surface area contributed by atoms with E-state index in [0.29, 0.717) is 22.7 Å². The third-order valence-corrected chi connectivity index (χ3v) is 3.86. The number of hydrogen-bond acceptors (Lipinski definition) is 3. The van der Waals surface area contributed by atoms with Crippen LogP contribution in [0.4, 0.5) is 5.69 Å². The Labute approximate surface area is 128 Å². The molecule has 1 aromatic rings. The number of amides is 2. The standard InChI is InChI=1S/C16H16ClNO3/c1-10-11(2)16(21)18(15(10)20)14-7-6-13(17)9-12(14)5-3-4-8-19/h6-7,9-11,19H,4,8H2,1-2H3. The van der Waals surface area contributed by atoms with Gasteiger partial charge in [-0.1, -0.05) is 37.3 Å². The van der Waals surface area contributed by atoms with Crippen molar-refractivity contribution in [2.45, 2.75) is 20.3 Å². The Bertz CT molecular complexity index is 625. The van der Waals surface area contributed by atoms with Crippen LogP contribution in [0.1, 0.15) is 25.8 Å². The topological polar surface area (TPSA) is 57.6 Å². The number of halogens is 1. The number of imide groups is 1. The highest BCUT2D eigenvalue weighted by Crippen LogP contribution is 2.33. The van der Waals surface area contributed by atoms with Gasteiger partial charge in [0.2, 0.25) is 11.8 Å². The number of aliphatic hydroxyl groups excluding tert-OH is 1. The number of aliphatic hydroxyl groups is 1. The van der Waals surface area contributed by atoms with Crippen molar-refractivity contribution in [3.05, 3.63) is 28.8 Å². The molecule has 1 aromatic carbocycles. The zero-order valence-corrected chi connectivity index (χ0v) is 12.6. The molecule has 2 amide bonds. The molecule has 5 heteroatoms. The fraction of sp³-hybridized carbons (Fsp3) is 0.375. The number of carbonyl (C=O) groups excluding carboxylic acids is 2. The van der Waals surface area contributed by atoms with E-state index in [1.54, 1.807) is 32.0 Å². The lowest BCUT2D eigenvalue weighted by Crippen LogP contribution is -2.31. The number of carbonyl (C=O) groups is 2. The Kier molecular flexibility index (Phi) is 4.66. The van der Waals surface area contributed by atoms with Crippen LogP contribution in [0.15, 0.2) is 18.2 Å². The van der Waals surface area contributed by atoms with Crippen LogP contribution in [-0.4, -0.2) is 23.5 Å². The van der Waals surface area contributed by atoms with Gasteiger partial charge in [-0.3, -0.25) is 9.59 Å². The van der Waals surface area contributed by atoms with Gasteiger partial charge < -0.3 is 5.11 Å². The Hall–Kier alpha value is -1.83. The van der Waals surface area contributed by atoms with Crippen LogP contribution in [0.5, 0.6) is 0 Å². The smallest absolute Gasteiger partial charge is 0.237 e. The van der Waals surface area contributed by atoms with Crippen molar-refractivity contribution in [1.29, 1.82) is 0 Å². The maximum Gasteiger partial charge on any atom is 0.237 e. The highest BCUT2D eigenvalue weighted by molar-refractivity contribution is 6.31. The molecule has 1 saturated heterocycles. The Morgan fingerprint density at radius 1 is 1.24 bits per heavy atom. The van der Waals surface area contributed by atoms with Gasteiger partial charge in [0.15, 0.2) is 0 Å². The van der Waals surface area contributed by atoms with Crippen LogP contribution in [-0.2, 0) is 9.59 Å². The molecule has 2 rings (SSSR count). The fourth-order valence-electron chi connectivity index (χ4n) is 2.20. The Balaban J connectivity index is 2.47. The third-order valence-electron chi connectivity index (χ3n) is 3.63. The van der Waals surface area contributed by atoms with Gasteiger partial charge in [-0.05, 0) is 18.2 Å². The van der Waals surface area contributed by atoms with Crippen LogP contribution in [0.25, 0.3) is 0 Å². The van der Waals surface area contributed by atoms with Gasteiger partial charge in [0.1, 0.15) is 0 Å². The molecule has 0 aromatic heterocycles. The van der Waals surface area contributed by atoms with Crippen LogP contribution in [0, 0.1) is 23.7 Å². The lowest BCUT2D eigenvalue weighted by atomic mass is 10.00. The molecule has 1 N–H and O–H groups in total. The quantitative estimate of drug-likeness (QED) is 0.673. The molecule has 1 heterocycles. The molecule has 1 aliphatic heterocycles. The van der Waals surface area contributed by atoms with Gasteiger partial charge in [0, 0.05) is 23.3 Å². The second kappa shape index (κ2) is 6.30. The SMILES string of the molecule is CC1C(=O)N(c2ccc(Cl)cc2C#CCCO)C(=O)C1C. The molecule has 4 nitrogen and oxygen atoms in total. The van der Waals surface area contributed by atoms with Crippen molar-refractivity contribution >= 4 is 29.1 Å². The monoisotopic (exact) mass is 305 g/mol. The molecule has 0 bridgehead atoms. The van der Waals surface area contributed by atoms with E-state index in [1.165, 1.54) is 4.90 Å². The average molecular weight is 306 g/mol. The van der Waals surface area contributed by atoms with Crippen molar-refractivity contribution in [3.63, 3.8) is 0 Å². The predicted octanol–water partition coefficient (Wildman–Crippen LogP) is 2.22. The molecule has 21 heavy (non-hydrogen) atoms. The molecule has 0 radical (unpaired) electrons. The fourth-order valence-corrected chi connectivity index (χ4v) is 2.37. The second-order valence-electron chi connectivity index (χ2n) is 5.03. The summed E-state index contributed by atoms with van der Waals surface area (Å²) in [5, 5.41) is 9.26. The summed E-state index contributed by atoms with van der Waals surface area (Å²) in [6, 6.07) is 4.88. The van der Waals surface area contributed by atoms with Crippen LogP contribution in [0.3, 0.4) is 0 Å². The summed E-state index contributed by atoms with van der Waals surface area (Å²) in [6.07, 6.45) is 0.320. The molecule has 1 aliphatic rings. The molecular weight excluding hydrogens is 290 g/mol. The number of anilines is 1. The number of hydrogen-bond donors (Lipinski definition) is 1. The molecule has 1 fully saturated rings. The van der Waals surface area contributed by atoms with E-state index < -0.39 is 0 Å². The first-order chi connectivity index (χ1) is 9.97. The zero-order chi connectivity index (χ0) is 15.6. The van der Waals surface area contributed by atoms with E-state index in [2.05, 4.69) is 11.8 Å². The summed E-state index contributed by atoms with van der Waals surface area (Å²) in [7, 11) is 0. The summed E-state index contributed by atoms with van der Waals surface area (Å²) in [4.78, 5) is 25.7. The summed E-state index contributed by atoms with van der Waals surface area (Å²) in [5.74, 6) is 4.52. The minimum Gasteiger partial charge on any atom is -0.395 e. The average Bonchev–Trinajstić information content (AvgIpc) is 2.64. The molecule has 110 valence electrons. The summed E-state index contributed by atoms with van der Waals surface area (Å²) in [6.45, 7) is 3.45. The van der Waals surface area contributed by atoms with Crippen molar-refractivity contribution < 1.29 is 14.7 Å². The highest BCUT2D eigenvalue weighted by Gasteiger charge is 2.43. The first kappa shape index (κ1) is 15.6. The summed E-state index contributed by atoms with van der Waals surface area (Å²) in [5.41, 5.74) is 0.968. The molecule has 2 unspecified atom stereocenters. The highest BCUT2D eigenvalue weighted by atomic mass is 35.5.